The van der Waals surface area contributed by atoms with Gasteiger partial charge in [0.2, 0.25) is 5.88 Å². The number of aliphatic imine (C=N–C) groups is 1. The van der Waals surface area contributed by atoms with E-state index in [-0.39, 0.29) is 5.69 Å². The van der Waals surface area contributed by atoms with Crippen LogP contribution in [0.5, 0.6) is 5.88 Å². The molecule has 0 aromatic carbocycles. The maximum atomic E-state index is 12.3. The molecule has 0 radical (unpaired) electrons. The minimum absolute atomic E-state index is 0.132. The highest BCUT2D eigenvalue weighted by Crippen LogP contribution is 2.19. The normalized spacial score (nSPS) is 11.9. The maximum absolute atomic E-state index is 12.3. The average Bonchev–Trinajstić information content (AvgIpc) is 2.52. The minimum atomic E-state index is -3.94. The van der Waals surface area contributed by atoms with Crippen LogP contribution in [-0.4, -0.2) is 50.2 Å². The molecule has 0 unspecified atom stereocenters. The lowest BCUT2D eigenvalue weighted by atomic mass is 10.4. The van der Waals surface area contributed by atoms with Gasteiger partial charge in [0.25, 0.3) is 10.0 Å². The summed E-state index contributed by atoms with van der Waals surface area (Å²) in [6.07, 6.45) is 6.86. The molecule has 0 aliphatic heterocycles. The number of ether oxygens (including phenoxy) is 1. The molecule has 0 atom stereocenters. The van der Waals surface area contributed by atoms with E-state index in [1.54, 1.807) is 6.08 Å². The first kappa shape index (κ1) is 18.6. The van der Waals surface area contributed by atoms with E-state index in [1.807, 2.05) is 13.0 Å². The molecule has 126 valence electrons. The predicted octanol–water partition coefficient (Wildman–Crippen LogP) is 1.31. The smallest absolute Gasteiger partial charge is 0.324 e. The molecule has 0 aliphatic rings. The summed E-state index contributed by atoms with van der Waals surface area (Å²) in [5.74, 6) is -1.54. The fourth-order valence-corrected chi connectivity index (χ4v) is 2.73. The molecule has 23 heavy (non-hydrogen) atoms. The van der Waals surface area contributed by atoms with E-state index < -0.39 is 28.4 Å². The van der Waals surface area contributed by atoms with Crippen molar-refractivity contribution in [2.24, 2.45) is 4.99 Å². The van der Waals surface area contributed by atoms with Crippen LogP contribution in [-0.2, 0) is 14.8 Å². The number of sulfonamides is 1. The molecule has 1 rings (SSSR count). The molecular formula is C14H19N3O5S. The third kappa shape index (κ3) is 6.07. The second kappa shape index (κ2) is 8.89. The van der Waals surface area contributed by atoms with Gasteiger partial charge in [-0.15, -0.1) is 0 Å². The van der Waals surface area contributed by atoms with Crippen molar-refractivity contribution in [1.82, 2.24) is 4.98 Å². The molecule has 0 aliphatic carbocycles. The molecule has 0 amide bonds. The first-order valence-corrected chi connectivity index (χ1v) is 8.38. The van der Waals surface area contributed by atoms with Gasteiger partial charge in [-0.25, -0.2) is 13.4 Å². The SMILES string of the molecule is CC/C=C\C=NCS(=O)(=O)N(CC(=O)O)c1ccc(OC)nc1. The van der Waals surface area contributed by atoms with Gasteiger partial charge in [-0.2, -0.15) is 0 Å². The van der Waals surface area contributed by atoms with Crippen molar-refractivity contribution in [3.63, 3.8) is 0 Å². The number of carboxylic acid groups (broad SMARTS) is 1. The van der Waals surface area contributed by atoms with Crippen LogP contribution >= 0.6 is 0 Å². The van der Waals surface area contributed by atoms with Gasteiger partial charge in [0, 0.05) is 12.3 Å². The lowest BCUT2D eigenvalue weighted by molar-refractivity contribution is -0.135. The lowest BCUT2D eigenvalue weighted by Crippen LogP contribution is -2.37. The quantitative estimate of drug-likeness (QED) is 0.678. The van der Waals surface area contributed by atoms with Gasteiger partial charge in [-0.3, -0.25) is 14.1 Å². The van der Waals surface area contributed by atoms with Crippen LogP contribution in [0.15, 0.2) is 35.5 Å². The zero-order valence-corrected chi connectivity index (χ0v) is 13.7. The summed E-state index contributed by atoms with van der Waals surface area (Å²) in [5, 5.41) is 8.95. The van der Waals surface area contributed by atoms with Gasteiger partial charge in [0.05, 0.1) is 19.0 Å². The fourth-order valence-electron chi connectivity index (χ4n) is 1.58. The number of rotatable bonds is 9. The van der Waals surface area contributed by atoms with E-state index in [9.17, 15) is 13.2 Å². The van der Waals surface area contributed by atoms with Crippen molar-refractivity contribution >= 4 is 27.9 Å². The number of hydrogen-bond acceptors (Lipinski definition) is 6. The Morgan fingerprint density at radius 1 is 1.48 bits per heavy atom. The Balaban J connectivity index is 3.01. The highest BCUT2D eigenvalue weighted by Gasteiger charge is 2.24. The summed E-state index contributed by atoms with van der Waals surface area (Å²) in [4.78, 5) is 18.6. The summed E-state index contributed by atoms with van der Waals surface area (Å²) in [7, 11) is -2.51. The van der Waals surface area contributed by atoms with E-state index in [0.717, 1.165) is 10.7 Å². The summed E-state index contributed by atoms with van der Waals surface area (Å²) in [6, 6.07) is 2.87. The molecule has 1 N–H and O–H groups in total. The van der Waals surface area contributed by atoms with E-state index in [1.165, 1.54) is 31.7 Å². The second-order valence-corrected chi connectivity index (χ2v) is 6.23. The van der Waals surface area contributed by atoms with Gasteiger partial charge in [0.15, 0.2) is 5.88 Å². The minimum Gasteiger partial charge on any atom is -0.481 e. The standard InChI is InChI=1S/C14H19N3O5S/c1-3-4-5-8-15-11-23(20,21)17(10-14(18)19)12-6-7-13(22-2)16-9-12/h4-9H,3,10-11H2,1-2H3,(H,18,19)/b5-4-,15-8?. The number of hydrogen-bond donors (Lipinski definition) is 1. The first-order chi connectivity index (χ1) is 10.9. The van der Waals surface area contributed by atoms with Crippen molar-refractivity contribution in [2.45, 2.75) is 13.3 Å². The fraction of sp³-hybridized carbons (Fsp3) is 0.357. The van der Waals surface area contributed by atoms with Crippen molar-refractivity contribution in [3.8, 4) is 5.88 Å². The molecular weight excluding hydrogens is 322 g/mol. The number of carbonyl (C=O) groups is 1. The molecule has 1 heterocycles. The van der Waals surface area contributed by atoms with Gasteiger partial charge in [-0.1, -0.05) is 13.0 Å². The number of aromatic nitrogens is 1. The van der Waals surface area contributed by atoms with Crippen LogP contribution in [0.3, 0.4) is 0 Å². The summed E-state index contributed by atoms with van der Waals surface area (Å²) in [6.45, 7) is 1.23. The predicted molar refractivity (Wildman–Crippen MR) is 87.5 cm³/mol. The second-order valence-electron chi connectivity index (χ2n) is 4.37. The zero-order valence-electron chi connectivity index (χ0n) is 12.9. The zero-order chi connectivity index (χ0) is 17.3. The van der Waals surface area contributed by atoms with Crippen LogP contribution in [0, 0.1) is 0 Å². The molecule has 0 fully saturated rings. The Labute approximate surface area is 135 Å². The highest BCUT2D eigenvalue weighted by molar-refractivity contribution is 7.92. The number of aliphatic carboxylic acids is 1. The number of anilines is 1. The van der Waals surface area contributed by atoms with E-state index >= 15 is 0 Å². The van der Waals surface area contributed by atoms with Crippen molar-refractivity contribution in [1.29, 1.82) is 0 Å². The van der Waals surface area contributed by atoms with Crippen LogP contribution in [0.2, 0.25) is 0 Å². The van der Waals surface area contributed by atoms with E-state index in [0.29, 0.717) is 5.88 Å². The van der Waals surface area contributed by atoms with Crippen molar-refractivity contribution in [2.75, 3.05) is 23.8 Å². The number of pyridine rings is 1. The lowest BCUT2D eigenvalue weighted by Gasteiger charge is -2.21. The number of methoxy groups -OCH3 is 1. The molecule has 0 saturated carbocycles. The van der Waals surface area contributed by atoms with Crippen molar-refractivity contribution in [3.05, 3.63) is 30.5 Å². The molecule has 0 bridgehead atoms. The largest absolute Gasteiger partial charge is 0.481 e. The van der Waals surface area contributed by atoms with Gasteiger partial charge >= 0.3 is 5.97 Å². The monoisotopic (exact) mass is 341 g/mol. The molecule has 8 nitrogen and oxygen atoms in total. The van der Waals surface area contributed by atoms with Gasteiger partial charge in [-0.05, 0) is 18.6 Å². The summed E-state index contributed by atoms with van der Waals surface area (Å²) in [5.41, 5.74) is 0.132. The Bertz CT molecular complexity index is 668. The molecule has 1 aromatic heterocycles. The third-order valence-corrected chi connectivity index (χ3v) is 4.12. The molecule has 1 aromatic rings. The Hall–Kier alpha value is -2.42. The Morgan fingerprint density at radius 3 is 2.74 bits per heavy atom. The van der Waals surface area contributed by atoms with Crippen molar-refractivity contribution < 1.29 is 23.1 Å². The van der Waals surface area contributed by atoms with Crippen LogP contribution in [0.25, 0.3) is 0 Å². The highest BCUT2D eigenvalue weighted by atomic mass is 32.2. The number of nitrogens with zero attached hydrogens (tertiary/aromatic N) is 3. The molecule has 0 saturated heterocycles. The molecule has 0 spiro atoms. The Kier molecular flexibility index (Phi) is 7.20. The van der Waals surface area contributed by atoms with Gasteiger partial charge in [0.1, 0.15) is 6.54 Å². The third-order valence-electron chi connectivity index (χ3n) is 2.63. The Morgan fingerprint density at radius 2 is 2.22 bits per heavy atom. The van der Waals surface area contributed by atoms with E-state index in [4.69, 9.17) is 9.84 Å². The average molecular weight is 341 g/mol. The number of carboxylic acids is 1. The van der Waals surface area contributed by atoms with Crippen LogP contribution < -0.4 is 9.04 Å². The molecule has 9 heteroatoms. The maximum Gasteiger partial charge on any atom is 0.324 e. The number of allylic oxidation sites excluding steroid dienone is 2. The summed E-state index contributed by atoms with van der Waals surface area (Å²) < 4.78 is 30.3. The van der Waals surface area contributed by atoms with E-state index in [2.05, 4.69) is 9.98 Å². The first-order valence-electron chi connectivity index (χ1n) is 6.78. The van der Waals surface area contributed by atoms with Gasteiger partial charge < -0.3 is 9.84 Å². The summed E-state index contributed by atoms with van der Waals surface area (Å²) >= 11 is 0. The van der Waals surface area contributed by atoms with Crippen LogP contribution in [0.4, 0.5) is 5.69 Å². The van der Waals surface area contributed by atoms with Crippen LogP contribution in [0.1, 0.15) is 13.3 Å². The topological polar surface area (TPSA) is 109 Å².